The topological polar surface area (TPSA) is 3.24 Å². The molecule has 70 valence electrons. The lowest BCUT2D eigenvalue weighted by Gasteiger charge is -2.35. The number of hydrogen-bond donors (Lipinski definition) is 0. The summed E-state index contributed by atoms with van der Waals surface area (Å²) in [6.45, 7) is 8.56. The molecule has 0 radical (unpaired) electrons. The summed E-state index contributed by atoms with van der Waals surface area (Å²) in [6, 6.07) is 1.77. The van der Waals surface area contributed by atoms with Crippen molar-refractivity contribution in [1.82, 2.24) is 4.90 Å². The molecule has 0 saturated carbocycles. The normalized spacial score (nSPS) is 41.2. The Morgan fingerprint density at radius 2 is 2.00 bits per heavy atom. The summed E-state index contributed by atoms with van der Waals surface area (Å²) < 4.78 is 0. The first kappa shape index (κ1) is 8.55. The van der Waals surface area contributed by atoms with Gasteiger partial charge in [0.05, 0.1) is 0 Å². The van der Waals surface area contributed by atoms with Crippen LogP contribution >= 0.6 is 0 Å². The molecule has 0 bridgehead atoms. The van der Waals surface area contributed by atoms with Gasteiger partial charge in [0.2, 0.25) is 0 Å². The van der Waals surface area contributed by atoms with E-state index in [-0.39, 0.29) is 0 Å². The first-order valence-electron chi connectivity index (χ1n) is 5.34. The van der Waals surface area contributed by atoms with Gasteiger partial charge in [-0.25, -0.2) is 0 Å². The minimum atomic E-state index is 0.587. The van der Waals surface area contributed by atoms with Crippen molar-refractivity contribution in [2.75, 3.05) is 6.54 Å². The fourth-order valence-electron chi connectivity index (χ4n) is 3.04. The molecule has 12 heavy (non-hydrogen) atoms. The SMILES string of the molecule is C[C@@H]1CCC[C@@H]2CC(C)(C)CN21. The quantitative estimate of drug-likeness (QED) is 0.536. The summed E-state index contributed by atoms with van der Waals surface area (Å²) in [5, 5.41) is 0. The molecule has 2 atom stereocenters. The van der Waals surface area contributed by atoms with Crippen LogP contribution < -0.4 is 0 Å². The molecule has 2 aliphatic heterocycles. The van der Waals surface area contributed by atoms with Gasteiger partial charge in [-0.15, -0.1) is 0 Å². The molecule has 0 aromatic heterocycles. The van der Waals surface area contributed by atoms with E-state index in [0.29, 0.717) is 5.41 Å². The zero-order valence-corrected chi connectivity index (χ0v) is 8.64. The highest BCUT2D eigenvalue weighted by Crippen LogP contribution is 2.40. The van der Waals surface area contributed by atoms with Crippen molar-refractivity contribution in [2.45, 2.75) is 58.5 Å². The number of fused-ring (bicyclic) bond motifs is 1. The van der Waals surface area contributed by atoms with Crippen LogP contribution in [0.1, 0.15) is 46.5 Å². The van der Waals surface area contributed by atoms with E-state index in [1.54, 1.807) is 0 Å². The van der Waals surface area contributed by atoms with Crippen LogP contribution in [0.25, 0.3) is 0 Å². The summed E-state index contributed by atoms with van der Waals surface area (Å²) in [4.78, 5) is 2.74. The highest BCUT2D eigenvalue weighted by Gasteiger charge is 2.40. The molecular weight excluding hydrogens is 146 g/mol. The Kier molecular flexibility index (Phi) is 1.95. The van der Waals surface area contributed by atoms with Crippen LogP contribution in [0, 0.1) is 5.41 Å². The first-order chi connectivity index (χ1) is 5.58. The Hall–Kier alpha value is -0.0400. The molecule has 0 spiro atoms. The largest absolute Gasteiger partial charge is 0.297 e. The van der Waals surface area contributed by atoms with Crippen LogP contribution in [0.15, 0.2) is 0 Å². The highest BCUT2D eigenvalue weighted by atomic mass is 15.2. The standard InChI is InChI=1S/C11H21N/c1-9-5-4-6-10-7-11(2,3)8-12(9)10/h9-10H,4-8H2,1-3H3/t9-,10-/m1/s1. The van der Waals surface area contributed by atoms with Crippen molar-refractivity contribution in [3.63, 3.8) is 0 Å². The second kappa shape index (κ2) is 2.73. The van der Waals surface area contributed by atoms with E-state index >= 15 is 0 Å². The van der Waals surface area contributed by atoms with Crippen LogP contribution in [-0.2, 0) is 0 Å². The van der Waals surface area contributed by atoms with Crippen molar-refractivity contribution in [1.29, 1.82) is 0 Å². The van der Waals surface area contributed by atoms with Crippen LogP contribution in [0.3, 0.4) is 0 Å². The average Bonchev–Trinajstić information content (AvgIpc) is 2.25. The molecule has 2 fully saturated rings. The predicted octanol–water partition coefficient (Wildman–Crippen LogP) is 2.66. The van der Waals surface area contributed by atoms with Crippen molar-refractivity contribution in [3.8, 4) is 0 Å². The van der Waals surface area contributed by atoms with Gasteiger partial charge in [-0.2, -0.15) is 0 Å². The summed E-state index contributed by atoms with van der Waals surface area (Å²) >= 11 is 0. The molecule has 0 aliphatic carbocycles. The third-order valence-electron chi connectivity index (χ3n) is 3.59. The summed E-state index contributed by atoms with van der Waals surface area (Å²) in [5.41, 5.74) is 0.587. The van der Waals surface area contributed by atoms with Crippen LogP contribution in [0.4, 0.5) is 0 Å². The molecule has 0 amide bonds. The molecular formula is C11H21N. The molecule has 0 aromatic carbocycles. The van der Waals surface area contributed by atoms with Gasteiger partial charge in [0.25, 0.3) is 0 Å². The summed E-state index contributed by atoms with van der Waals surface area (Å²) in [5.74, 6) is 0. The molecule has 0 aromatic rings. The van der Waals surface area contributed by atoms with E-state index in [0.717, 1.165) is 12.1 Å². The van der Waals surface area contributed by atoms with E-state index in [9.17, 15) is 0 Å². The maximum absolute atomic E-state index is 2.74. The molecule has 2 rings (SSSR count). The maximum Gasteiger partial charge on any atom is 0.0104 e. The van der Waals surface area contributed by atoms with Crippen LogP contribution in [0.5, 0.6) is 0 Å². The molecule has 1 heteroatoms. The lowest BCUT2D eigenvalue weighted by Crippen LogP contribution is -2.41. The number of hydrogen-bond acceptors (Lipinski definition) is 1. The number of piperidine rings is 1. The number of nitrogens with zero attached hydrogens (tertiary/aromatic N) is 1. The zero-order valence-electron chi connectivity index (χ0n) is 8.64. The van der Waals surface area contributed by atoms with Crippen LogP contribution in [0.2, 0.25) is 0 Å². The molecule has 0 N–H and O–H groups in total. The smallest absolute Gasteiger partial charge is 0.0104 e. The van der Waals surface area contributed by atoms with E-state index in [1.165, 1.54) is 32.2 Å². The van der Waals surface area contributed by atoms with Gasteiger partial charge < -0.3 is 0 Å². The maximum atomic E-state index is 2.74. The third-order valence-corrected chi connectivity index (χ3v) is 3.59. The molecule has 0 unspecified atom stereocenters. The second-order valence-corrected chi connectivity index (χ2v) is 5.47. The molecule has 2 saturated heterocycles. The van der Waals surface area contributed by atoms with E-state index in [1.807, 2.05) is 0 Å². The lowest BCUT2D eigenvalue weighted by molar-refractivity contribution is 0.130. The minimum Gasteiger partial charge on any atom is -0.297 e. The fourth-order valence-corrected chi connectivity index (χ4v) is 3.04. The van der Waals surface area contributed by atoms with Gasteiger partial charge in [-0.1, -0.05) is 20.3 Å². The summed E-state index contributed by atoms with van der Waals surface area (Å²) in [6.07, 6.45) is 5.76. The minimum absolute atomic E-state index is 0.587. The van der Waals surface area contributed by atoms with Crippen molar-refractivity contribution >= 4 is 0 Å². The van der Waals surface area contributed by atoms with E-state index < -0.39 is 0 Å². The van der Waals surface area contributed by atoms with Gasteiger partial charge in [-0.3, -0.25) is 4.90 Å². The Labute approximate surface area is 76.1 Å². The second-order valence-electron chi connectivity index (χ2n) is 5.47. The van der Waals surface area contributed by atoms with Crippen LogP contribution in [-0.4, -0.2) is 23.5 Å². The van der Waals surface area contributed by atoms with E-state index in [4.69, 9.17) is 0 Å². The fraction of sp³-hybridized carbons (Fsp3) is 1.00. The zero-order chi connectivity index (χ0) is 8.77. The molecule has 1 nitrogen and oxygen atoms in total. The Balaban J connectivity index is 2.09. The third kappa shape index (κ3) is 1.39. The van der Waals surface area contributed by atoms with Crippen molar-refractivity contribution in [3.05, 3.63) is 0 Å². The Bertz CT molecular complexity index is 174. The van der Waals surface area contributed by atoms with Gasteiger partial charge in [0, 0.05) is 18.6 Å². The monoisotopic (exact) mass is 167 g/mol. The Morgan fingerprint density at radius 3 is 2.67 bits per heavy atom. The molecule has 2 aliphatic rings. The number of rotatable bonds is 0. The first-order valence-corrected chi connectivity index (χ1v) is 5.34. The van der Waals surface area contributed by atoms with Gasteiger partial charge in [0.15, 0.2) is 0 Å². The average molecular weight is 167 g/mol. The molecule has 2 heterocycles. The Morgan fingerprint density at radius 1 is 1.25 bits per heavy atom. The van der Waals surface area contributed by atoms with E-state index in [2.05, 4.69) is 25.7 Å². The summed E-state index contributed by atoms with van der Waals surface area (Å²) in [7, 11) is 0. The van der Waals surface area contributed by atoms with Gasteiger partial charge >= 0.3 is 0 Å². The highest BCUT2D eigenvalue weighted by molar-refractivity contribution is 4.95. The van der Waals surface area contributed by atoms with Gasteiger partial charge in [0.1, 0.15) is 0 Å². The van der Waals surface area contributed by atoms with Crippen molar-refractivity contribution in [2.24, 2.45) is 5.41 Å². The lowest BCUT2D eigenvalue weighted by atomic mass is 9.89. The van der Waals surface area contributed by atoms with Crippen molar-refractivity contribution < 1.29 is 0 Å². The predicted molar refractivity (Wildman–Crippen MR) is 52.2 cm³/mol. The van der Waals surface area contributed by atoms with Gasteiger partial charge in [-0.05, 0) is 31.6 Å².